The van der Waals surface area contributed by atoms with E-state index in [1.165, 1.54) is 11.1 Å². The summed E-state index contributed by atoms with van der Waals surface area (Å²) in [5.41, 5.74) is 7.06. The van der Waals surface area contributed by atoms with Crippen molar-refractivity contribution < 1.29 is 0 Å². The maximum absolute atomic E-state index is 6.47. The van der Waals surface area contributed by atoms with Crippen LogP contribution in [-0.2, 0) is 5.41 Å². The standard InChI is InChI=1S/C24H25ClN4/c1-15-10-11-17(12-16(15)2)27-22-13-21(24(3,4)5)28-23-19(14-26-29(22)23)18-8-6-7-9-20(18)25/h6-14,27H,1-5H3. The topological polar surface area (TPSA) is 42.2 Å². The van der Waals surface area contributed by atoms with E-state index in [4.69, 9.17) is 16.6 Å². The van der Waals surface area contributed by atoms with E-state index in [0.29, 0.717) is 5.02 Å². The van der Waals surface area contributed by atoms with E-state index < -0.39 is 0 Å². The number of aromatic nitrogens is 3. The van der Waals surface area contributed by atoms with Crippen LogP contribution in [0, 0.1) is 13.8 Å². The van der Waals surface area contributed by atoms with Crippen molar-refractivity contribution in [2.75, 3.05) is 5.32 Å². The summed E-state index contributed by atoms with van der Waals surface area (Å²) in [5, 5.41) is 8.85. The van der Waals surface area contributed by atoms with Gasteiger partial charge in [0.25, 0.3) is 0 Å². The number of halogens is 1. The van der Waals surface area contributed by atoms with Gasteiger partial charge in [0.2, 0.25) is 0 Å². The van der Waals surface area contributed by atoms with Crippen LogP contribution in [0.25, 0.3) is 16.8 Å². The van der Waals surface area contributed by atoms with Crippen LogP contribution in [0.4, 0.5) is 11.5 Å². The summed E-state index contributed by atoms with van der Waals surface area (Å²) < 4.78 is 1.85. The number of rotatable bonds is 3. The van der Waals surface area contributed by atoms with Gasteiger partial charge in [-0.15, -0.1) is 0 Å². The number of aryl methyl sites for hydroxylation is 2. The van der Waals surface area contributed by atoms with E-state index in [1.807, 2.05) is 35.0 Å². The zero-order valence-corrected chi connectivity index (χ0v) is 18.2. The lowest BCUT2D eigenvalue weighted by Crippen LogP contribution is -2.16. The molecule has 2 aromatic carbocycles. The average molecular weight is 405 g/mol. The Kier molecular flexibility index (Phi) is 4.83. The molecule has 1 N–H and O–H groups in total. The number of benzene rings is 2. The fraction of sp³-hybridized carbons (Fsp3) is 0.250. The smallest absolute Gasteiger partial charge is 0.165 e. The van der Waals surface area contributed by atoms with Gasteiger partial charge in [-0.2, -0.15) is 9.61 Å². The van der Waals surface area contributed by atoms with Crippen LogP contribution in [0.15, 0.2) is 54.7 Å². The third-order valence-electron chi connectivity index (χ3n) is 5.18. The summed E-state index contributed by atoms with van der Waals surface area (Å²) in [4.78, 5) is 4.96. The minimum atomic E-state index is -0.108. The highest BCUT2D eigenvalue weighted by atomic mass is 35.5. The van der Waals surface area contributed by atoms with Gasteiger partial charge in [0.15, 0.2) is 5.65 Å². The molecule has 0 aliphatic rings. The molecule has 2 aromatic heterocycles. The van der Waals surface area contributed by atoms with Crippen LogP contribution in [0.2, 0.25) is 5.02 Å². The Balaban J connectivity index is 1.92. The summed E-state index contributed by atoms with van der Waals surface area (Å²) in [7, 11) is 0. The zero-order chi connectivity index (χ0) is 20.8. The molecule has 148 valence electrons. The normalized spacial score (nSPS) is 11.8. The second-order valence-corrected chi connectivity index (χ2v) is 8.88. The maximum Gasteiger partial charge on any atom is 0.165 e. The molecule has 0 atom stereocenters. The van der Waals surface area contributed by atoms with Crippen molar-refractivity contribution in [2.24, 2.45) is 0 Å². The zero-order valence-electron chi connectivity index (χ0n) is 17.4. The van der Waals surface area contributed by atoms with E-state index in [0.717, 1.165) is 34.0 Å². The Labute approximate surface area is 176 Å². The molecule has 2 heterocycles. The van der Waals surface area contributed by atoms with E-state index in [2.05, 4.69) is 69.3 Å². The van der Waals surface area contributed by atoms with Gasteiger partial charge in [0, 0.05) is 33.3 Å². The van der Waals surface area contributed by atoms with Gasteiger partial charge in [-0.25, -0.2) is 4.98 Å². The van der Waals surface area contributed by atoms with Crippen LogP contribution in [0.1, 0.15) is 37.6 Å². The summed E-state index contributed by atoms with van der Waals surface area (Å²) in [6, 6.07) is 16.2. The first kappa shape index (κ1) is 19.5. The largest absolute Gasteiger partial charge is 0.340 e. The van der Waals surface area contributed by atoms with Gasteiger partial charge >= 0.3 is 0 Å². The number of fused-ring (bicyclic) bond motifs is 1. The van der Waals surface area contributed by atoms with Crippen LogP contribution in [0.3, 0.4) is 0 Å². The molecule has 29 heavy (non-hydrogen) atoms. The van der Waals surface area contributed by atoms with Gasteiger partial charge in [0.05, 0.1) is 11.9 Å². The second kappa shape index (κ2) is 7.20. The molecule has 5 heteroatoms. The van der Waals surface area contributed by atoms with Crippen molar-refractivity contribution in [3.05, 3.63) is 76.6 Å². The van der Waals surface area contributed by atoms with Crippen molar-refractivity contribution in [3.63, 3.8) is 0 Å². The molecule has 4 rings (SSSR count). The molecule has 0 bridgehead atoms. The molecule has 0 spiro atoms. The van der Waals surface area contributed by atoms with Crippen LogP contribution in [0.5, 0.6) is 0 Å². The Morgan fingerprint density at radius 3 is 2.38 bits per heavy atom. The Hall–Kier alpha value is -2.85. The predicted octanol–water partition coefficient (Wildman–Crippen LogP) is 6.71. The third-order valence-corrected chi connectivity index (χ3v) is 5.51. The van der Waals surface area contributed by atoms with E-state index in [-0.39, 0.29) is 5.41 Å². The highest BCUT2D eigenvalue weighted by Crippen LogP contribution is 2.33. The first-order valence-corrected chi connectivity index (χ1v) is 10.1. The summed E-state index contributed by atoms with van der Waals surface area (Å²) in [6.45, 7) is 10.7. The third kappa shape index (κ3) is 3.73. The molecule has 0 aliphatic carbocycles. The predicted molar refractivity (Wildman–Crippen MR) is 121 cm³/mol. The summed E-state index contributed by atoms with van der Waals surface area (Å²) in [5.74, 6) is 0.876. The molecule has 0 fully saturated rings. The van der Waals surface area contributed by atoms with Gasteiger partial charge in [-0.05, 0) is 43.2 Å². The van der Waals surface area contributed by atoms with Crippen LogP contribution >= 0.6 is 11.6 Å². The first-order chi connectivity index (χ1) is 13.7. The molecule has 0 unspecified atom stereocenters. The average Bonchev–Trinajstić information content (AvgIpc) is 3.08. The molecule has 4 aromatic rings. The molecule has 0 saturated heterocycles. The monoisotopic (exact) mass is 404 g/mol. The molecule has 0 aliphatic heterocycles. The number of anilines is 2. The highest BCUT2D eigenvalue weighted by molar-refractivity contribution is 6.33. The number of hydrogen-bond donors (Lipinski definition) is 1. The van der Waals surface area contributed by atoms with Crippen LogP contribution in [-0.4, -0.2) is 14.6 Å². The number of nitrogens with one attached hydrogen (secondary N) is 1. The van der Waals surface area contributed by atoms with E-state index >= 15 is 0 Å². The minimum absolute atomic E-state index is 0.108. The SMILES string of the molecule is Cc1ccc(Nc2cc(C(C)(C)C)nc3c(-c4ccccc4Cl)cnn23)cc1C. The Morgan fingerprint density at radius 1 is 0.931 bits per heavy atom. The summed E-state index contributed by atoms with van der Waals surface area (Å²) >= 11 is 6.47. The maximum atomic E-state index is 6.47. The fourth-order valence-electron chi connectivity index (χ4n) is 3.27. The minimum Gasteiger partial charge on any atom is -0.340 e. The Morgan fingerprint density at radius 2 is 1.69 bits per heavy atom. The second-order valence-electron chi connectivity index (χ2n) is 8.47. The van der Waals surface area contributed by atoms with Gasteiger partial charge < -0.3 is 5.32 Å². The molecular formula is C24H25ClN4. The van der Waals surface area contributed by atoms with Gasteiger partial charge in [0.1, 0.15) is 5.82 Å². The lowest BCUT2D eigenvalue weighted by molar-refractivity contribution is 0.569. The van der Waals surface area contributed by atoms with Crippen LogP contribution < -0.4 is 5.32 Å². The molecular weight excluding hydrogens is 380 g/mol. The van der Waals surface area contributed by atoms with Gasteiger partial charge in [-0.3, -0.25) is 0 Å². The quantitative estimate of drug-likeness (QED) is 0.412. The van der Waals surface area contributed by atoms with Crippen molar-refractivity contribution in [1.29, 1.82) is 0 Å². The van der Waals surface area contributed by atoms with Crippen molar-refractivity contribution in [2.45, 2.75) is 40.0 Å². The molecule has 4 nitrogen and oxygen atoms in total. The molecule has 0 radical (unpaired) electrons. The first-order valence-electron chi connectivity index (χ1n) is 9.72. The summed E-state index contributed by atoms with van der Waals surface area (Å²) in [6.07, 6.45) is 1.83. The Bertz CT molecular complexity index is 1200. The van der Waals surface area contributed by atoms with Crippen molar-refractivity contribution >= 4 is 28.8 Å². The van der Waals surface area contributed by atoms with Crippen molar-refractivity contribution in [1.82, 2.24) is 14.6 Å². The fourth-order valence-corrected chi connectivity index (χ4v) is 3.51. The van der Waals surface area contributed by atoms with E-state index in [1.54, 1.807) is 0 Å². The van der Waals surface area contributed by atoms with E-state index in [9.17, 15) is 0 Å². The van der Waals surface area contributed by atoms with Gasteiger partial charge in [-0.1, -0.05) is 56.6 Å². The lowest BCUT2D eigenvalue weighted by atomic mass is 9.92. The number of nitrogens with zero attached hydrogens (tertiary/aromatic N) is 3. The lowest BCUT2D eigenvalue weighted by Gasteiger charge is -2.20. The molecule has 0 saturated carbocycles. The molecule has 0 amide bonds. The van der Waals surface area contributed by atoms with Crippen molar-refractivity contribution in [3.8, 4) is 11.1 Å². The highest BCUT2D eigenvalue weighted by Gasteiger charge is 2.21. The number of hydrogen-bond acceptors (Lipinski definition) is 3.